The molecular weight excluding hydrogens is 335 g/mol. The number of para-hydroxylation sites is 1. The first kappa shape index (κ1) is 15.5. The summed E-state index contributed by atoms with van der Waals surface area (Å²) in [5, 5.41) is 5.79. The van der Waals surface area contributed by atoms with Crippen LogP contribution in [0.5, 0.6) is 0 Å². The van der Waals surface area contributed by atoms with Crippen molar-refractivity contribution in [1.82, 2.24) is 0 Å². The summed E-state index contributed by atoms with van der Waals surface area (Å²) in [5.41, 5.74) is 1.39. The Morgan fingerprint density at radius 1 is 1.19 bits per heavy atom. The van der Waals surface area contributed by atoms with Crippen molar-refractivity contribution in [2.75, 3.05) is 17.2 Å². The molecule has 3 nitrogen and oxygen atoms in total. The van der Waals surface area contributed by atoms with Crippen LogP contribution < -0.4 is 10.6 Å². The van der Waals surface area contributed by atoms with Gasteiger partial charge < -0.3 is 10.6 Å². The molecule has 0 aromatic heterocycles. The summed E-state index contributed by atoms with van der Waals surface area (Å²) in [4.78, 5) is 12.3. The second kappa shape index (κ2) is 7.22. The van der Waals surface area contributed by atoms with Crippen LogP contribution in [0.4, 0.5) is 15.8 Å². The Kier molecular flexibility index (Phi) is 5.33. The van der Waals surface area contributed by atoms with Crippen molar-refractivity contribution in [2.24, 2.45) is 0 Å². The van der Waals surface area contributed by atoms with E-state index in [0.717, 1.165) is 18.7 Å². The van der Waals surface area contributed by atoms with E-state index in [9.17, 15) is 9.18 Å². The summed E-state index contributed by atoms with van der Waals surface area (Å²) < 4.78 is 14.4. The molecule has 0 unspecified atom stereocenters. The molecule has 2 aromatic carbocycles. The second-order valence-electron chi connectivity index (χ2n) is 4.55. The van der Waals surface area contributed by atoms with Gasteiger partial charge in [0.15, 0.2) is 0 Å². The van der Waals surface area contributed by atoms with Crippen LogP contribution >= 0.6 is 15.9 Å². The first-order valence-corrected chi connectivity index (χ1v) is 7.50. The molecule has 2 N–H and O–H groups in total. The largest absolute Gasteiger partial charge is 0.384 e. The van der Waals surface area contributed by atoms with Crippen LogP contribution in [0.2, 0.25) is 0 Å². The maximum absolute atomic E-state index is 13.7. The summed E-state index contributed by atoms with van der Waals surface area (Å²) in [7, 11) is 0. The van der Waals surface area contributed by atoms with Gasteiger partial charge in [-0.2, -0.15) is 0 Å². The Morgan fingerprint density at radius 2 is 1.95 bits per heavy atom. The summed E-state index contributed by atoms with van der Waals surface area (Å²) >= 11 is 3.26. The number of amides is 1. The second-order valence-corrected chi connectivity index (χ2v) is 5.47. The molecule has 1 amide bonds. The predicted molar refractivity (Wildman–Crippen MR) is 87.3 cm³/mol. The van der Waals surface area contributed by atoms with Crippen LogP contribution in [0, 0.1) is 5.82 Å². The monoisotopic (exact) mass is 350 g/mol. The molecule has 0 atom stereocenters. The first-order chi connectivity index (χ1) is 10.1. The van der Waals surface area contributed by atoms with Crippen molar-refractivity contribution in [2.45, 2.75) is 13.3 Å². The van der Waals surface area contributed by atoms with Gasteiger partial charge in [0.25, 0.3) is 5.91 Å². The zero-order valence-corrected chi connectivity index (χ0v) is 13.2. The number of halogens is 2. The SMILES string of the molecule is CCCNc1ccccc1C(=O)Nc1cc(Br)ccc1F. The van der Waals surface area contributed by atoms with Crippen LogP contribution in [-0.4, -0.2) is 12.5 Å². The Balaban J connectivity index is 2.22. The molecule has 110 valence electrons. The van der Waals surface area contributed by atoms with Crippen LogP contribution in [0.1, 0.15) is 23.7 Å². The van der Waals surface area contributed by atoms with E-state index in [-0.39, 0.29) is 11.6 Å². The third kappa shape index (κ3) is 4.04. The van der Waals surface area contributed by atoms with Gasteiger partial charge in [0, 0.05) is 16.7 Å². The summed E-state index contributed by atoms with van der Waals surface area (Å²) in [6.45, 7) is 2.82. The van der Waals surface area contributed by atoms with E-state index in [0.29, 0.717) is 10.0 Å². The highest BCUT2D eigenvalue weighted by Gasteiger charge is 2.13. The normalized spacial score (nSPS) is 10.2. The fourth-order valence-electron chi connectivity index (χ4n) is 1.88. The van der Waals surface area contributed by atoms with E-state index in [4.69, 9.17) is 0 Å². The zero-order chi connectivity index (χ0) is 15.2. The Morgan fingerprint density at radius 3 is 2.71 bits per heavy atom. The minimum absolute atomic E-state index is 0.152. The number of hydrogen-bond donors (Lipinski definition) is 2. The molecule has 0 fully saturated rings. The summed E-state index contributed by atoms with van der Waals surface area (Å²) in [6, 6.07) is 11.6. The average Bonchev–Trinajstić information content (AvgIpc) is 2.49. The van der Waals surface area contributed by atoms with Crippen molar-refractivity contribution in [3.8, 4) is 0 Å². The van der Waals surface area contributed by atoms with Crippen molar-refractivity contribution < 1.29 is 9.18 Å². The van der Waals surface area contributed by atoms with Gasteiger partial charge in [-0.05, 0) is 36.8 Å². The van der Waals surface area contributed by atoms with E-state index in [1.165, 1.54) is 12.1 Å². The fraction of sp³-hybridized carbons (Fsp3) is 0.188. The number of benzene rings is 2. The number of rotatable bonds is 5. The number of anilines is 2. The zero-order valence-electron chi connectivity index (χ0n) is 11.6. The maximum Gasteiger partial charge on any atom is 0.257 e. The lowest BCUT2D eigenvalue weighted by Gasteiger charge is -2.12. The minimum atomic E-state index is -0.467. The van der Waals surface area contributed by atoms with Crippen LogP contribution in [0.3, 0.4) is 0 Å². The molecular formula is C16H16BrFN2O. The first-order valence-electron chi connectivity index (χ1n) is 6.71. The number of carbonyl (C=O) groups excluding carboxylic acids is 1. The molecule has 0 bridgehead atoms. The summed E-state index contributed by atoms with van der Waals surface area (Å²) in [5.74, 6) is -0.809. The molecule has 2 aromatic rings. The molecule has 0 aliphatic heterocycles. The highest BCUT2D eigenvalue weighted by molar-refractivity contribution is 9.10. The van der Waals surface area contributed by atoms with Gasteiger partial charge in [-0.1, -0.05) is 35.0 Å². The lowest BCUT2D eigenvalue weighted by molar-refractivity contribution is 0.102. The maximum atomic E-state index is 13.7. The molecule has 0 aliphatic carbocycles. The van der Waals surface area contributed by atoms with Gasteiger partial charge in [0.05, 0.1) is 11.3 Å². The van der Waals surface area contributed by atoms with Gasteiger partial charge in [-0.15, -0.1) is 0 Å². The summed E-state index contributed by atoms with van der Waals surface area (Å²) in [6.07, 6.45) is 0.955. The minimum Gasteiger partial charge on any atom is -0.384 e. The van der Waals surface area contributed by atoms with Crippen LogP contribution in [-0.2, 0) is 0 Å². The Bertz CT molecular complexity index is 646. The van der Waals surface area contributed by atoms with E-state index in [1.807, 2.05) is 19.1 Å². The lowest BCUT2D eigenvalue weighted by Crippen LogP contribution is -2.15. The van der Waals surface area contributed by atoms with Gasteiger partial charge in [0.1, 0.15) is 5.82 Å². The van der Waals surface area contributed by atoms with Gasteiger partial charge in [-0.25, -0.2) is 4.39 Å². The van der Waals surface area contributed by atoms with Crippen LogP contribution in [0.25, 0.3) is 0 Å². The number of carbonyl (C=O) groups is 1. The van der Waals surface area contributed by atoms with Crippen LogP contribution in [0.15, 0.2) is 46.9 Å². The smallest absolute Gasteiger partial charge is 0.257 e. The lowest BCUT2D eigenvalue weighted by atomic mass is 10.1. The van der Waals surface area contributed by atoms with Gasteiger partial charge in [0.2, 0.25) is 0 Å². The van der Waals surface area contributed by atoms with Gasteiger partial charge >= 0.3 is 0 Å². The molecule has 2 rings (SSSR count). The highest BCUT2D eigenvalue weighted by atomic mass is 79.9. The molecule has 5 heteroatoms. The molecule has 0 radical (unpaired) electrons. The third-order valence-electron chi connectivity index (χ3n) is 2.91. The Labute approximate surface area is 131 Å². The molecule has 0 saturated heterocycles. The van der Waals surface area contributed by atoms with Crippen molar-refractivity contribution in [1.29, 1.82) is 0 Å². The number of hydrogen-bond acceptors (Lipinski definition) is 2. The highest BCUT2D eigenvalue weighted by Crippen LogP contribution is 2.22. The molecule has 0 heterocycles. The average molecular weight is 351 g/mol. The molecule has 0 saturated carbocycles. The quantitative estimate of drug-likeness (QED) is 0.823. The standard InChI is InChI=1S/C16H16BrFN2O/c1-2-9-19-14-6-4-3-5-12(14)16(21)20-15-10-11(17)7-8-13(15)18/h3-8,10,19H,2,9H2,1H3,(H,20,21). The molecule has 0 spiro atoms. The van der Waals surface area contributed by atoms with Gasteiger partial charge in [-0.3, -0.25) is 4.79 Å². The Hall–Kier alpha value is -1.88. The third-order valence-corrected chi connectivity index (χ3v) is 3.41. The topological polar surface area (TPSA) is 41.1 Å². The predicted octanol–water partition coefficient (Wildman–Crippen LogP) is 4.66. The number of nitrogens with one attached hydrogen (secondary N) is 2. The van der Waals surface area contributed by atoms with E-state index >= 15 is 0 Å². The van der Waals surface area contributed by atoms with Crippen molar-refractivity contribution >= 4 is 33.2 Å². The van der Waals surface area contributed by atoms with E-state index in [2.05, 4.69) is 26.6 Å². The van der Waals surface area contributed by atoms with Crippen molar-refractivity contribution in [3.63, 3.8) is 0 Å². The fourth-order valence-corrected chi connectivity index (χ4v) is 2.24. The molecule has 0 aliphatic rings. The van der Waals surface area contributed by atoms with E-state index < -0.39 is 5.82 Å². The van der Waals surface area contributed by atoms with Crippen molar-refractivity contribution in [3.05, 3.63) is 58.3 Å². The van der Waals surface area contributed by atoms with E-state index in [1.54, 1.807) is 18.2 Å². The molecule has 21 heavy (non-hydrogen) atoms.